The van der Waals surface area contributed by atoms with Crippen molar-refractivity contribution in [3.63, 3.8) is 0 Å². The number of thiazole rings is 1. The van der Waals surface area contributed by atoms with Crippen LogP contribution in [0.4, 0.5) is 4.79 Å². The van der Waals surface area contributed by atoms with Crippen molar-refractivity contribution in [2.75, 3.05) is 6.54 Å². The first-order valence-corrected chi connectivity index (χ1v) is 7.59. The molecule has 1 heterocycles. The molecular formula is C13H21N3O3S. The second-order valence-corrected chi connectivity index (χ2v) is 5.51. The van der Waals surface area contributed by atoms with Crippen LogP contribution in [0.3, 0.4) is 0 Å². The fraction of sp³-hybridized carbons (Fsp3) is 0.615. The minimum Gasteiger partial charge on any atom is -0.480 e. The van der Waals surface area contributed by atoms with Gasteiger partial charge in [-0.05, 0) is 13.3 Å². The molecule has 0 aliphatic rings. The predicted molar refractivity (Wildman–Crippen MR) is 78.0 cm³/mol. The first-order chi connectivity index (χ1) is 9.52. The van der Waals surface area contributed by atoms with Gasteiger partial charge < -0.3 is 15.7 Å². The van der Waals surface area contributed by atoms with Crippen LogP contribution in [0, 0.1) is 6.92 Å². The lowest BCUT2D eigenvalue weighted by Gasteiger charge is -2.14. The number of rotatable bonds is 8. The Labute approximate surface area is 122 Å². The summed E-state index contributed by atoms with van der Waals surface area (Å²) in [6, 6.07) is -1.26. The maximum atomic E-state index is 11.6. The average Bonchev–Trinajstić information content (AvgIpc) is 2.80. The third-order valence-corrected chi connectivity index (χ3v) is 3.77. The summed E-state index contributed by atoms with van der Waals surface area (Å²) in [4.78, 5) is 26.9. The first kappa shape index (κ1) is 16.4. The summed E-state index contributed by atoms with van der Waals surface area (Å²) in [7, 11) is 0. The van der Waals surface area contributed by atoms with Gasteiger partial charge in [0.25, 0.3) is 0 Å². The van der Waals surface area contributed by atoms with Crippen LogP contribution in [0.25, 0.3) is 0 Å². The molecule has 3 N–H and O–H groups in total. The van der Waals surface area contributed by atoms with Gasteiger partial charge in [0, 0.05) is 24.0 Å². The number of urea groups is 1. The molecule has 0 radical (unpaired) electrons. The number of unbranched alkanes of at least 4 members (excludes halogenated alkanes) is 1. The fourth-order valence-electron chi connectivity index (χ4n) is 1.68. The number of carbonyl (C=O) groups excluding carboxylic acids is 1. The van der Waals surface area contributed by atoms with E-state index in [4.69, 9.17) is 5.11 Å². The zero-order chi connectivity index (χ0) is 15.0. The van der Waals surface area contributed by atoms with Crippen molar-refractivity contribution in [3.05, 3.63) is 16.1 Å². The number of aliphatic carboxylic acids is 1. The Balaban J connectivity index is 2.28. The zero-order valence-corrected chi connectivity index (χ0v) is 12.6. The van der Waals surface area contributed by atoms with E-state index in [-0.39, 0.29) is 0 Å². The number of hydrogen-bond donors (Lipinski definition) is 3. The standard InChI is InChI=1S/C13H21N3O3S/c1-3-4-5-10(12(17)18)16-13(19)14-7-6-11-15-9(2)8-20-11/h8,10H,3-7H2,1-2H3,(H,17,18)(H2,14,16,19)/t10-/m0/s1. The Morgan fingerprint density at radius 3 is 2.80 bits per heavy atom. The summed E-state index contributed by atoms with van der Waals surface area (Å²) in [5.74, 6) is -0.996. The van der Waals surface area contributed by atoms with Crippen LogP contribution in [0.1, 0.15) is 36.9 Å². The Morgan fingerprint density at radius 2 is 2.25 bits per heavy atom. The Bertz CT molecular complexity index is 448. The molecule has 7 heteroatoms. The molecule has 0 aliphatic carbocycles. The topological polar surface area (TPSA) is 91.3 Å². The summed E-state index contributed by atoms with van der Waals surface area (Å²) in [5.41, 5.74) is 0.972. The highest BCUT2D eigenvalue weighted by atomic mass is 32.1. The van der Waals surface area contributed by atoms with Crippen molar-refractivity contribution in [2.24, 2.45) is 0 Å². The molecule has 0 bridgehead atoms. The van der Waals surface area contributed by atoms with Gasteiger partial charge in [-0.2, -0.15) is 0 Å². The molecule has 1 rings (SSSR count). The Morgan fingerprint density at radius 1 is 1.50 bits per heavy atom. The van der Waals surface area contributed by atoms with E-state index in [1.54, 1.807) is 11.3 Å². The van der Waals surface area contributed by atoms with Gasteiger partial charge in [0.1, 0.15) is 6.04 Å². The molecule has 0 fully saturated rings. The molecule has 2 amide bonds. The molecule has 1 atom stereocenters. The minimum absolute atomic E-state index is 0.443. The van der Waals surface area contributed by atoms with Crippen molar-refractivity contribution < 1.29 is 14.7 Å². The summed E-state index contributed by atoms with van der Waals surface area (Å²) in [5, 5.41) is 17.1. The van der Waals surface area contributed by atoms with E-state index < -0.39 is 18.0 Å². The van der Waals surface area contributed by atoms with E-state index in [1.807, 2.05) is 19.2 Å². The van der Waals surface area contributed by atoms with E-state index in [0.717, 1.165) is 23.5 Å². The van der Waals surface area contributed by atoms with Crippen LogP contribution < -0.4 is 10.6 Å². The van der Waals surface area contributed by atoms with Crippen molar-refractivity contribution >= 4 is 23.3 Å². The van der Waals surface area contributed by atoms with Crippen LogP contribution in [0.2, 0.25) is 0 Å². The Hall–Kier alpha value is -1.63. The highest BCUT2D eigenvalue weighted by Crippen LogP contribution is 2.08. The molecule has 0 spiro atoms. The van der Waals surface area contributed by atoms with E-state index in [9.17, 15) is 9.59 Å². The van der Waals surface area contributed by atoms with Crippen molar-refractivity contribution in [3.8, 4) is 0 Å². The summed E-state index contributed by atoms with van der Waals surface area (Å²) in [6.45, 7) is 4.35. The summed E-state index contributed by atoms with van der Waals surface area (Å²) in [6.07, 6.45) is 2.77. The molecule has 20 heavy (non-hydrogen) atoms. The van der Waals surface area contributed by atoms with Gasteiger partial charge in [0.15, 0.2) is 0 Å². The van der Waals surface area contributed by atoms with Crippen molar-refractivity contribution in [1.29, 1.82) is 0 Å². The van der Waals surface area contributed by atoms with Gasteiger partial charge in [-0.15, -0.1) is 11.3 Å². The van der Waals surface area contributed by atoms with E-state index >= 15 is 0 Å². The molecule has 0 saturated heterocycles. The molecule has 112 valence electrons. The van der Waals surface area contributed by atoms with Gasteiger partial charge in [-0.25, -0.2) is 14.6 Å². The second-order valence-electron chi connectivity index (χ2n) is 4.57. The zero-order valence-electron chi connectivity index (χ0n) is 11.8. The van der Waals surface area contributed by atoms with Gasteiger partial charge in [0.2, 0.25) is 0 Å². The van der Waals surface area contributed by atoms with Gasteiger partial charge in [-0.1, -0.05) is 19.8 Å². The highest BCUT2D eigenvalue weighted by molar-refractivity contribution is 7.09. The maximum Gasteiger partial charge on any atom is 0.326 e. The number of carboxylic acid groups (broad SMARTS) is 1. The van der Waals surface area contributed by atoms with E-state index in [2.05, 4.69) is 15.6 Å². The van der Waals surface area contributed by atoms with E-state index in [0.29, 0.717) is 19.4 Å². The maximum absolute atomic E-state index is 11.6. The summed E-state index contributed by atoms with van der Waals surface area (Å²) >= 11 is 1.55. The lowest BCUT2D eigenvalue weighted by atomic mass is 10.1. The van der Waals surface area contributed by atoms with Crippen LogP contribution in [0.15, 0.2) is 5.38 Å². The number of amides is 2. The molecule has 0 saturated carbocycles. The largest absolute Gasteiger partial charge is 0.480 e. The van der Waals surface area contributed by atoms with Crippen molar-refractivity contribution in [1.82, 2.24) is 15.6 Å². The number of aromatic nitrogens is 1. The van der Waals surface area contributed by atoms with Crippen LogP contribution >= 0.6 is 11.3 Å². The number of carbonyl (C=O) groups is 2. The van der Waals surface area contributed by atoms with Crippen molar-refractivity contribution in [2.45, 2.75) is 45.6 Å². The smallest absolute Gasteiger partial charge is 0.326 e. The molecule has 1 aromatic heterocycles. The monoisotopic (exact) mass is 299 g/mol. The lowest BCUT2D eigenvalue weighted by Crippen LogP contribution is -2.46. The molecule has 0 aliphatic heterocycles. The predicted octanol–water partition coefficient (Wildman–Crippen LogP) is 1.94. The number of hydrogen-bond acceptors (Lipinski definition) is 4. The first-order valence-electron chi connectivity index (χ1n) is 6.71. The normalized spacial score (nSPS) is 11.9. The third-order valence-electron chi connectivity index (χ3n) is 2.74. The molecule has 0 aromatic carbocycles. The fourth-order valence-corrected chi connectivity index (χ4v) is 2.45. The van der Waals surface area contributed by atoms with E-state index in [1.165, 1.54) is 0 Å². The molecule has 6 nitrogen and oxygen atoms in total. The average molecular weight is 299 g/mol. The lowest BCUT2D eigenvalue weighted by molar-refractivity contribution is -0.139. The van der Waals surface area contributed by atoms with Gasteiger partial charge >= 0.3 is 12.0 Å². The van der Waals surface area contributed by atoms with Gasteiger partial charge in [0.05, 0.1) is 5.01 Å². The van der Waals surface area contributed by atoms with Crippen LogP contribution in [-0.4, -0.2) is 34.7 Å². The number of aryl methyl sites for hydroxylation is 1. The highest BCUT2D eigenvalue weighted by Gasteiger charge is 2.18. The second kappa shape index (κ2) is 8.52. The molecule has 1 aromatic rings. The minimum atomic E-state index is -0.996. The SMILES string of the molecule is CCCC[C@H](NC(=O)NCCc1nc(C)cs1)C(=O)O. The van der Waals surface area contributed by atoms with Crippen LogP contribution in [-0.2, 0) is 11.2 Å². The number of nitrogens with one attached hydrogen (secondary N) is 2. The summed E-state index contributed by atoms with van der Waals surface area (Å²) < 4.78 is 0. The molecule has 0 unspecified atom stereocenters. The third kappa shape index (κ3) is 6.01. The van der Waals surface area contributed by atoms with Crippen LogP contribution in [0.5, 0.6) is 0 Å². The number of nitrogens with zero attached hydrogens (tertiary/aromatic N) is 1. The Kier molecular flexibility index (Phi) is 7.00. The van der Waals surface area contributed by atoms with Gasteiger partial charge in [-0.3, -0.25) is 0 Å². The quantitative estimate of drug-likeness (QED) is 0.684. The molecular weight excluding hydrogens is 278 g/mol. The number of carboxylic acids is 1.